The highest BCUT2D eigenvalue weighted by molar-refractivity contribution is 6.76. The van der Waals surface area contributed by atoms with Gasteiger partial charge in [0.15, 0.2) is 0 Å². The minimum atomic E-state index is -1.07. The van der Waals surface area contributed by atoms with Gasteiger partial charge in [0.05, 0.1) is 5.69 Å². The van der Waals surface area contributed by atoms with Crippen LogP contribution in [0.15, 0.2) is 47.8 Å². The minimum absolute atomic E-state index is 0.525. The first kappa shape index (κ1) is 19.4. The number of hydrogen-bond acceptors (Lipinski definition) is 4. The van der Waals surface area contributed by atoms with Crippen LogP contribution in [0.25, 0.3) is 22.3 Å². The third-order valence-corrected chi connectivity index (χ3v) is 6.20. The SMILES string of the molecule is C/N=C/Cc1cccc(-c2ncnc3c2ccn3COCC[Si](C)(C)C)c1. The van der Waals surface area contributed by atoms with Gasteiger partial charge in [-0.1, -0.05) is 37.8 Å². The zero-order chi connectivity index (χ0) is 19.3. The highest BCUT2D eigenvalue weighted by Crippen LogP contribution is 2.26. The van der Waals surface area contributed by atoms with Crippen LogP contribution in [0.1, 0.15) is 5.56 Å². The van der Waals surface area contributed by atoms with Gasteiger partial charge in [-0.15, -0.1) is 0 Å². The van der Waals surface area contributed by atoms with Crippen LogP contribution in [-0.4, -0.2) is 42.5 Å². The number of benzene rings is 1. The molecule has 3 aromatic rings. The first-order valence-electron chi connectivity index (χ1n) is 9.35. The molecule has 0 fully saturated rings. The normalized spacial score (nSPS) is 12.3. The molecule has 2 heterocycles. The Morgan fingerprint density at radius 2 is 2.04 bits per heavy atom. The van der Waals surface area contributed by atoms with E-state index in [2.05, 4.69) is 69.5 Å². The topological polar surface area (TPSA) is 52.3 Å². The Bertz CT molecular complexity index is 927. The van der Waals surface area contributed by atoms with Crippen molar-refractivity contribution >= 4 is 25.3 Å². The van der Waals surface area contributed by atoms with Crippen molar-refractivity contribution in [2.24, 2.45) is 4.99 Å². The first-order valence-corrected chi connectivity index (χ1v) is 13.1. The molecule has 0 radical (unpaired) electrons. The molecular weight excluding hydrogens is 352 g/mol. The maximum Gasteiger partial charge on any atom is 0.145 e. The fourth-order valence-electron chi connectivity index (χ4n) is 2.92. The second-order valence-electron chi connectivity index (χ2n) is 7.94. The van der Waals surface area contributed by atoms with Gasteiger partial charge >= 0.3 is 0 Å². The second kappa shape index (κ2) is 8.58. The molecule has 0 aliphatic rings. The van der Waals surface area contributed by atoms with Gasteiger partial charge in [0.1, 0.15) is 18.7 Å². The molecule has 142 valence electrons. The van der Waals surface area contributed by atoms with Crippen LogP contribution in [0.3, 0.4) is 0 Å². The van der Waals surface area contributed by atoms with Gasteiger partial charge in [-0.2, -0.15) is 0 Å². The van der Waals surface area contributed by atoms with Gasteiger partial charge in [-0.05, 0) is 23.7 Å². The summed E-state index contributed by atoms with van der Waals surface area (Å²) in [5.74, 6) is 0. The van der Waals surface area contributed by atoms with Crippen LogP contribution in [0.2, 0.25) is 25.7 Å². The van der Waals surface area contributed by atoms with Crippen LogP contribution >= 0.6 is 0 Å². The summed E-state index contributed by atoms with van der Waals surface area (Å²) in [6.07, 6.45) is 6.41. The standard InChI is InChI=1S/C21H28N4OSi/c1-22-10-8-17-6-5-7-18(14-17)20-19-9-11-25(21(19)24-15-23-20)16-26-12-13-27(2,3)4/h5-7,9-11,14-15H,8,12-13,16H2,1-4H3/b22-10+. The zero-order valence-corrected chi connectivity index (χ0v) is 17.6. The van der Waals surface area contributed by atoms with Gasteiger partial charge in [0.2, 0.25) is 0 Å². The molecule has 6 heteroatoms. The Kier molecular flexibility index (Phi) is 6.18. The minimum Gasteiger partial charge on any atom is -0.361 e. The van der Waals surface area contributed by atoms with Crippen molar-refractivity contribution in [1.29, 1.82) is 0 Å². The Labute approximate surface area is 162 Å². The van der Waals surface area contributed by atoms with E-state index in [9.17, 15) is 0 Å². The van der Waals surface area contributed by atoms with Crippen LogP contribution < -0.4 is 0 Å². The van der Waals surface area contributed by atoms with Crippen LogP contribution in [0, 0.1) is 0 Å². The van der Waals surface area contributed by atoms with Crippen molar-refractivity contribution in [3.05, 3.63) is 48.4 Å². The average molecular weight is 381 g/mol. The lowest BCUT2D eigenvalue weighted by Gasteiger charge is -2.15. The van der Waals surface area contributed by atoms with Crippen molar-refractivity contribution in [2.75, 3.05) is 13.7 Å². The van der Waals surface area contributed by atoms with Gasteiger partial charge in [-0.3, -0.25) is 0 Å². The van der Waals surface area contributed by atoms with Crippen LogP contribution in [-0.2, 0) is 17.9 Å². The van der Waals surface area contributed by atoms with Crippen molar-refractivity contribution in [3.63, 3.8) is 0 Å². The summed E-state index contributed by atoms with van der Waals surface area (Å²) in [5, 5.41) is 1.05. The lowest BCUT2D eigenvalue weighted by molar-refractivity contribution is 0.0899. The summed E-state index contributed by atoms with van der Waals surface area (Å²) < 4.78 is 7.95. The molecule has 0 amide bonds. The lowest BCUT2D eigenvalue weighted by atomic mass is 10.0. The Balaban J connectivity index is 1.81. The summed E-state index contributed by atoms with van der Waals surface area (Å²) in [5.41, 5.74) is 4.19. The number of rotatable bonds is 8. The molecule has 0 unspecified atom stereocenters. The van der Waals surface area contributed by atoms with E-state index in [0.29, 0.717) is 6.73 Å². The number of aliphatic imine (C=N–C) groups is 1. The van der Waals surface area contributed by atoms with E-state index in [1.54, 1.807) is 13.4 Å². The van der Waals surface area contributed by atoms with E-state index < -0.39 is 8.07 Å². The van der Waals surface area contributed by atoms with Gasteiger partial charge in [-0.25, -0.2) is 9.97 Å². The van der Waals surface area contributed by atoms with Crippen molar-refractivity contribution in [3.8, 4) is 11.3 Å². The number of nitrogens with zero attached hydrogens (tertiary/aromatic N) is 4. The zero-order valence-electron chi connectivity index (χ0n) is 16.6. The summed E-state index contributed by atoms with van der Waals surface area (Å²) in [6, 6.07) is 11.7. The maximum absolute atomic E-state index is 5.89. The molecule has 0 N–H and O–H groups in total. The second-order valence-corrected chi connectivity index (χ2v) is 13.6. The predicted octanol–water partition coefficient (Wildman–Crippen LogP) is 4.65. The third-order valence-electron chi connectivity index (χ3n) is 4.49. The Morgan fingerprint density at radius 1 is 1.19 bits per heavy atom. The number of aromatic nitrogens is 3. The van der Waals surface area contributed by atoms with E-state index in [0.717, 1.165) is 35.3 Å². The molecule has 0 aliphatic heterocycles. The quantitative estimate of drug-likeness (QED) is 0.325. The largest absolute Gasteiger partial charge is 0.361 e. The third kappa shape index (κ3) is 5.11. The molecule has 0 bridgehead atoms. The predicted molar refractivity (Wildman–Crippen MR) is 115 cm³/mol. The lowest BCUT2D eigenvalue weighted by Crippen LogP contribution is -2.22. The van der Waals surface area contributed by atoms with E-state index in [1.165, 1.54) is 11.6 Å². The number of fused-ring (bicyclic) bond motifs is 1. The molecular formula is C21H28N4OSi. The summed E-state index contributed by atoms with van der Waals surface area (Å²) in [6.45, 7) is 8.41. The molecule has 27 heavy (non-hydrogen) atoms. The van der Waals surface area contributed by atoms with Crippen molar-refractivity contribution in [1.82, 2.24) is 14.5 Å². The summed E-state index contributed by atoms with van der Waals surface area (Å²) in [7, 11) is 0.728. The van der Waals surface area contributed by atoms with E-state index in [4.69, 9.17) is 4.74 Å². The van der Waals surface area contributed by atoms with E-state index in [1.807, 2.05) is 12.4 Å². The Morgan fingerprint density at radius 3 is 2.81 bits per heavy atom. The molecule has 5 nitrogen and oxygen atoms in total. The van der Waals surface area contributed by atoms with Gasteiger partial charge in [0, 0.05) is 51.5 Å². The number of ether oxygens (including phenoxy) is 1. The molecule has 0 spiro atoms. The fourth-order valence-corrected chi connectivity index (χ4v) is 3.68. The van der Waals surface area contributed by atoms with Crippen molar-refractivity contribution < 1.29 is 4.74 Å². The molecule has 3 rings (SSSR count). The fraction of sp³-hybridized carbons (Fsp3) is 0.381. The first-order chi connectivity index (χ1) is 13.0. The van der Waals surface area contributed by atoms with E-state index in [-0.39, 0.29) is 0 Å². The maximum atomic E-state index is 5.89. The molecule has 2 aromatic heterocycles. The van der Waals surface area contributed by atoms with E-state index >= 15 is 0 Å². The smallest absolute Gasteiger partial charge is 0.145 e. The van der Waals surface area contributed by atoms with Crippen LogP contribution in [0.5, 0.6) is 0 Å². The molecule has 1 aromatic carbocycles. The van der Waals surface area contributed by atoms with Crippen molar-refractivity contribution in [2.45, 2.75) is 38.8 Å². The highest BCUT2D eigenvalue weighted by atomic mass is 28.3. The van der Waals surface area contributed by atoms with Gasteiger partial charge in [0.25, 0.3) is 0 Å². The molecule has 0 aliphatic carbocycles. The average Bonchev–Trinajstić information content (AvgIpc) is 3.06. The highest BCUT2D eigenvalue weighted by Gasteiger charge is 2.13. The molecule has 0 saturated heterocycles. The molecule has 0 atom stereocenters. The summed E-state index contributed by atoms with van der Waals surface area (Å²) >= 11 is 0. The van der Waals surface area contributed by atoms with Crippen LogP contribution in [0.4, 0.5) is 0 Å². The molecule has 0 saturated carbocycles. The summed E-state index contributed by atoms with van der Waals surface area (Å²) in [4.78, 5) is 13.1. The van der Waals surface area contributed by atoms with Gasteiger partial charge < -0.3 is 14.3 Å². The monoisotopic (exact) mass is 380 g/mol. The Hall–Kier alpha value is -2.31. The number of hydrogen-bond donors (Lipinski definition) is 0.